The standard InChI is InChI=1S/C19H20N6O4S/c20-19-24-15-13(17(27)25-19)7-10(9-22-15)8-21-12-3-1-11(2-4-12)16(26)23-14(5-6-30)18(28)29/h1-4,7,9,14,21,30H,5-6,8H2,(H,23,26)(H,28,29)(H3,20,22,24,25,27)/t14-/m0/s1. The fourth-order valence-electron chi connectivity index (χ4n) is 2.75. The number of benzene rings is 1. The molecule has 0 aliphatic carbocycles. The third-order valence-corrected chi connectivity index (χ3v) is 4.56. The maximum atomic E-state index is 12.2. The highest BCUT2D eigenvalue weighted by molar-refractivity contribution is 7.80. The quantitative estimate of drug-likeness (QED) is 0.290. The van der Waals surface area contributed by atoms with Gasteiger partial charge in [-0.15, -0.1) is 0 Å². The molecular formula is C19H20N6O4S. The van der Waals surface area contributed by atoms with Gasteiger partial charge in [-0.1, -0.05) is 0 Å². The Morgan fingerprint density at radius 2 is 2.00 bits per heavy atom. The molecule has 1 aromatic carbocycles. The number of carbonyl (C=O) groups is 2. The first-order valence-corrected chi connectivity index (χ1v) is 9.63. The van der Waals surface area contributed by atoms with Gasteiger partial charge in [0, 0.05) is 24.0 Å². The summed E-state index contributed by atoms with van der Waals surface area (Å²) in [5.74, 6) is -1.22. The highest BCUT2D eigenvalue weighted by Crippen LogP contribution is 2.13. The largest absolute Gasteiger partial charge is 0.480 e. The van der Waals surface area contributed by atoms with Gasteiger partial charge in [-0.05, 0) is 48.1 Å². The van der Waals surface area contributed by atoms with Gasteiger partial charge in [0.15, 0.2) is 5.65 Å². The lowest BCUT2D eigenvalue weighted by atomic mass is 10.1. The molecule has 0 saturated heterocycles. The topological polar surface area (TPSA) is 163 Å². The average Bonchev–Trinajstić information content (AvgIpc) is 2.72. The van der Waals surface area contributed by atoms with Crippen LogP contribution in [0.1, 0.15) is 22.3 Å². The number of carbonyl (C=O) groups excluding carboxylic acids is 1. The smallest absolute Gasteiger partial charge is 0.326 e. The molecule has 2 heterocycles. The van der Waals surface area contributed by atoms with Crippen molar-refractivity contribution in [3.05, 3.63) is 58.0 Å². The van der Waals surface area contributed by atoms with E-state index in [1.54, 1.807) is 36.5 Å². The first-order chi connectivity index (χ1) is 14.4. The Morgan fingerprint density at radius 3 is 2.67 bits per heavy atom. The maximum Gasteiger partial charge on any atom is 0.326 e. The molecule has 2 aromatic heterocycles. The Hall–Kier alpha value is -3.60. The molecule has 0 bridgehead atoms. The number of hydrogen-bond acceptors (Lipinski definition) is 8. The second-order valence-corrected chi connectivity index (χ2v) is 6.92. The molecule has 0 aliphatic heterocycles. The minimum atomic E-state index is -1.10. The van der Waals surface area contributed by atoms with E-state index in [1.165, 1.54) is 0 Å². The summed E-state index contributed by atoms with van der Waals surface area (Å²) in [5.41, 5.74) is 7.26. The van der Waals surface area contributed by atoms with Crippen molar-refractivity contribution in [1.29, 1.82) is 0 Å². The highest BCUT2D eigenvalue weighted by Gasteiger charge is 2.19. The zero-order chi connectivity index (χ0) is 21.7. The van der Waals surface area contributed by atoms with E-state index in [2.05, 4.69) is 38.2 Å². The second-order valence-electron chi connectivity index (χ2n) is 6.47. The molecule has 0 aliphatic rings. The van der Waals surface area contributed by atoms with Gasteiger partial charge < -0.3 is 21.5 Å². The second kappa shape index (κ2) is 9.27. The number of rotatable bonds is 8. The molecule has 6 N–H and O–H groups in total. The first-order valence-electron chi connectivity index (χ1n) is 9.00. The maximum absolute atomic E-state index is 12.2. The number of carboxylic acids is 1. The first kappa shape index (κ1) is 21.1. The number of carboxylic acid groups (broad SMARTS) is 1. The van der Waals surface area contributed by atoms with Crippen LogP contribution in [0.25, 0.3) is 11.0 Å². The zero-order valence-electron chi connectivity index (χ0n) is 15.8. The van der Waals surface area contributed by atoms with Crippen LogP contribution in [0.15, 0.2) is 41.3 Å². The van der Waals surface area contributed by atoms with E-state index in [0.717, 1.165) is 11.3 Å². The van der Waals surface area contributed by atoms with Gasteiger partial charge in [0.1, 0.15) is 6.04 Å². The van der Waals surface area contributed by atoms with Crippen molar-refractivity contribution in [3.8, 4) is 0 Å². The summed E-state index contributed by atoms with van der Waals surface area (Å²) in [4.78, 5) is 45.9. The Morgan fingerprint density at radius 1 is 1.27 bits per heavy atom. The molecule has 1 amide bonds. The number of pyridine rings is 1. The van der Waals surface area contributed by atoms with Gasteiger partial charge in [-0.3, -0.25) is 14.6 Å². The van der Waals surface area contributed by atoms with Gasteiger partial charge >= 0.3 is 5.97 Å². The minimum absolute atomic E-state index is 0.00953. The van der Waals surface area contributed by atoms with Crippen molar-refractivity contribution < 1.29 is 14.7 Å². The van der Waals surface area contributed by atoms with Gasteiger partial charge in [-0.2, -0.15) is 17.6 Å². The van der Waals surface area contributed by atoms with Crippen LogP contribution in [0.5, 0.6) is 0 Å². The van der Waals surface area contributed by atoms with Crippen LogP contribution in [-0.2, 0) is 11.3 Å². The number of aromatic amines is 1. The number of amides is 1. The molecule has 3 aromatic rings. The predicted molar refractivity (Wildman–Crippen MR) is 116 cm³/mol. The Balaban J connectivity index is 1.64. The Bertz CT molecular complexity index is 1130. The third-order valence-electron chi connectivity index (χ3n) is 4.30. The summed E-state index contributed by atoms with van der Waals surface area (Å²) in [6, 6.07) is 7.28. The molecule has 1 atom stereocenters. The Labute approximate surface area is 176 Å². The monoisotopic (exact) mass is 428 g/mol. The normalized spacial score (nSPS) is 11.8. The number of H-pyrrole nitrogens is 1. The lowest BCUT2D eigenvalue weighted by Crippen LogP contribution is -2.41. The zero-order valence-corrected chi connectivity index (χ0v) is 16.6. The summed E-state index contributed by atoms with van der Waals surface area (Å²) in [7, 11) is 0. The van der Waals surface area contributed by atoms with Crippen molar-refractivity contribution in [2.75, 3.05) is 16.8 Å². The van der Waals surface area contributed by atoms with Crippen molar-refractivity contribution in [2.24, 2.45) is 0 Å². The van der Waals surface area contributed by atoms with Crippen LogP contribution in [0.3, 0.4) is 0 Å². The number of nitrogens with zero attached hydrogens (tertiary/aromatic N) is 2. The van der Waals surface area contributed by atoms with E-state index in [4.69, 9.17) is 10.8 Å². The lowest BCUT2D eigenvalue weighted by Gasteiger charge is -2.13. The van der Waals surface area contributed by atoms with Crippen molar-refractivity contribution >= 4 is 47.2 Å². The molecule has 0 saturated carbocycles. The molecule has 0 unspecified atom stereocenters. The molecule has 0 fully saturated rings. The van der Waals surface area contributed by atoms with Crippen LogP contribution >= 0.6 is 12.6 Å². The van der Waals surface area contributed by atoms with Crippen LogP contribution in [0.2, 0.25) is 0 Å². The van der Waals surface area contributed by atoms with Gasteiger partial charge in [0.25, 0.3) is 11.5 Å². The van der Waals surface area contributed by atoms with Gasteiger partial charge in [0.05, 0.1) is 5.39 Å². The number of nitrogens with two attached hydrogens (primary N) is 1. The summed E-state index contributed by atoms with van der Waals surface area (Å²) in [5, 5.41) is 15.1. The van der Waals surface area contributed by atoms with E-state index >= 15 is 0 Å². The van der Waals surface area contributed by atoms with E-state index < -0.39 is 17.9 Å². The fraction of sp³-hybridized carbons (Fsp3) is 0.211. The summed E-state index contributed by atoms with van der Waals surface area (Å²) in [6.07, 6.45) is 1.82. The summed E-state index contributed by atoms with van der Waals surface area (Å²) < 4.78 is 0. The Kier molecular flexibility index (Phi) is 6.52. The highest BCUT2D eigenvalue weighted by atomic mass is 32.1. The van der Waals surface area contributed by atoms with E-state index in [9.17, 15) is 14.4 Å². The van der Waals surface area contributed by atoms with E-state index in [1.807, 2.05) is 0 Å². The predicted octanol–water partition coefficient (Wildman–Crippen LogP) is 1.02. The molecule has 30 heavy (non-hydrogen) atoms. The van der Waals surface area contributed by atoms with E-state index in [0.29, 0.717) is 23.2 Å². The molecule has 11 heteroatoms. The third kappa shape index (κ3) is 5.06. The minimum Gasteiger partial charge on any atom is -0.480 e. The van der Waals surface area contributed by atoms with Crippen LogP contribution in [0, 0.1) is 0 Å². The molecule has 3 rings (SSSR count). The van der Waals surface area contributed by atoms with Crippen LogP contribution in [0.4, 0.5) is 11.6 Å². The molecular weight excluding hydrogens is 408 g/mol. The summed E-state index contributed by atoms with van der Waals surface area (Å²) in [6.45, 7) is 0.390. The van der Waals surface area contributed by atoms with Crippen LogP contribution < -0.4 is 21.9 Å². The number of nitrogens with one attached hydrogen (secondary N) is 3. The lowest BCUT2D eigenvalue weighted by molar-refractivity contribution is -0.139. The number of anilines is 2. The molecule has 0 radical (unpaired) electrons. The fourth-order valence-corrected chi connectivity index (χ4v) is 3.01. The number of nitrogen functional groups attached to an aromatic ring is 1. The number of fused-ring (bicyclic) bond motifs is 1. The summed E-state index contributed by atoms with van der Waals surface area (Å²) >= 11 is 4.01. The van der Waals surface area contributed by atoms with Crippen molar-refractivity contribution in [3.63, 3.8) is 0 Å². The van der Waals surface area contributed by atoms with E-state index in [-0.39, 0.29) is 23.6 Å². The SMILES string of the molecule is Nc1nc2ncc(CNc3ccc(C(=O)N[C@@H](CCS)C(=O)O)cc3)cc2c(=O)[nH]1. The molecule has 0 spiro atoms. The number of aromatic nitrogens is 3. The molecule has 156 valence electrons. The van der Waals surface area contributed by atoms with Crippen molar-refractivity contribution in [1.82, 2.24) is 20.3 Å². The van der Waals surface area contributed by atoms with Gasteiger partial charge in [0.2, 0.25) is 5.95 Å². The molecule has 10 nitrogen and oxygen atoms in total. The average molecular weight is 428 g/mol. The van der Waals surface area contributed by atoms with Crippen LogP contribution in [-0.4, -0.2) is 43.7 Å². The number of aliphatic carboxylic acids is 1. The number of hydrogen-bond donors (Lipinski definition) is 6. The van der Waals surface area contributed by atoms with Gasteiger partial charge in [-0.25, -0.2) is 9.78 Å². The number of thiol groups is 1. The van der Waals surface area contributed by atoms with Crippen molar-refractivity contribution in [2.45, 2.75) is 19.0 Å².